The van der Waals surface area contributed by atoms with Gasteiger partial charge in [-0.25, -0.2) is 0 Å². The van der Waals surface area contributed by atoms with Gasteiger partial charge in [-0.15, -0.1) is 24.0 Å². The Hall–Kier alpha value is -1.51. The van der Waals surface area contributed by atoms with Gasteiger partial charge in [-0.2, -0.15) is 0 Å². The van der Waals surface area contributed by atoms with Crippen molar-refractivity contribution in [1.29, 1.82) is 0 Å². The van der Waals surface area contributed by atoms with Gasteiger partial charge in [0.25, 0.3) is 5.91 Å². The number of nitrogens with zero attached hydrogens (tertiary/aromatic N) is 1. The molecular weight excluding hydrogens is 431 g/mol. The lowest BCUT2D eigenvalue weighted by Crippen LogP contribution is -2.44. The number of guanidine groups is 1. The van der Waals surface area contributed by atoms with Crippen LogP contribution in [0.3, 0.4) is 0 Å². The number of hydrogen-bond donors (Lipinski definition) is 3. The third-order valence-corrected chi connectivity index (χ3v) is 3.73. The summed E-state index contributed by atoms with van der Waals surface area (Å²) in [5.74, 6) is 1.92. The maximum absolute atomic E-state index is 12.1. The number of aliphatic imine (C=N–C) groups is 1. The minimum atomic E-state index is -0.110. The zero-order chi connectivity index (χ0) is 17.9. The summed E-state index contributed by atoms with van der Waals surface area (Å²) in [6, 6.07) is 7.36. The van der Waals surface area contributed by atoms with Gasteiger partial charge in [0.15, 0.2) is 5.96 Å². The molecule has 0 spiro atoms. The summed E-state index contributed by atoms with van der Waals surface area (Å²) < 4.78 is 5.08. The van der Waals surface area contributed by atoms with Crippen molar-refractivity contribution in [2.24, 2.45) is 10.9 Å². The normalized spacial score (nSPS) is 12.2. The number of hydrogen-bond acceptors (Lipinski definition) is 3. The van der Waals surface area contributed by atoms with Crippen LogP contribution in [0, 0.1) is 5.92 Å². The van der Waals surface area contributed by atoms with E-state index in [0.29, 0.717) is 30.6 Å². The number of halogens is 1. The number of ether oxygens (including phenoxy) is 1. The van der Waals surface area contributed by atoms with E-state index in [2.05, 4.69) is 41.7 Å². The molecule has 0 fully saturated rings. The summed E-state index contributed by atoms with van der Waals surface area (Å²) in [7, 11) is 1.60. The molecule has 25 heavy (non-hydrogen) atoms. The molecule has 0 radical (unpaired) electrons. The van der Waals surface area contributed by atoms with Crippen LogP contribution in [-0.2, 0) is 0 Å². The van der Waals surface area contributed by atoms with Gasteiger partial charge >= 0.3 is 0 Å². The van der Waals surface area contributed by atoms with E-state index in [1.54, 1.807) is 31.4 Å². The zero-order valence-electron chi connectivity index (χ0n) is 15.8. The van der Waals surface area contributed by atoms with E-state index in [0.717, 1.165) is 18.3 Å². The summed E-state index contributed by atoms with van der Waals surface area (Å²) >= 11 is 0. The quantitative estimate of drug-likeness (QED) is 0.240. The zero-order valence-corrected chi connectivity index (χ0v) is 18.1. The first-order valence-electron chi connectivity index (χ1n) is 8.45. The predicted octanol–water partition coefficient (Wildman–Crippen LogP) is 2.64. The molecular formula is C18H31IN4O2. The van der Waals surface area contributed by atoms with Crippen LogP contribution in [-0.4, -0.2) is 44.7 Å². The molecule has 1 atom stereocenters. The largest absolute Gasteiger partial charge is 0.497 e. The van der Waals surface area contributed by atoms with E-state index in [1.165, 1.54) is 0 Å². The molecule has 3 N–H and O–H groups in total. The lowest BCUT2D eigenvalue weighted by Gasteiger charge is -2.20. The van der Waals surface area contributed by atoms with E-state index >= 15 is 0 Å². The Bertz CT molecular complexity index is 532. The molecule has 0 saturated heterocycles. The Labute approximate surface area is 168 Å². The average molecular weight is 462 g/mol. The van der Waals surface area contributed by atoms with Crippen LogP contribution in [0.4, 0.5) is 0 Å². The molecule has 6 nitrogen and oxygen atoms in total. The Balaban J connectivity index is 0.00000576. The van der Waals surface area contributed by atoms with Crippen LogP contribution in [0.15, 0.2) is 29.3 Å². The minimum absolute atomic E-state index is 0. The first-order chi connectivity index (χ1) is 11.5. The summed E-state index contributed by atoms with van der Waals surface area (Å²) in [4.78, 5) is 16.5. The molecule has 7 heteroatoms. The molecule has 0 bridgehead atoms. The monoisotopic (exact) mass is 462 g/mol. The van der Waals surface area contributed by atoms with Gasteiger partial charge in [0.1, 0.15) is 5.75 Å². The Morgan fingerprint density at radius 2 is 1.80 bits per heavy atom. The average Bonchev–Trinajstić information content (AvgIpc) is 2.58. The van der Waals surface area contributed by atoms with E-state index < -0.39 is 0 Å². The predicted molar refractivity (Wildman–Crippen MR) is 114 cm³/mol. The number of carbonyl (C=O) groups is 1. The van der Waals surface area contributed by atoms with E-state index in [-0.39, 0.29) is 29.9 Å². The minimum Gasteiger partial charge on any atom is -0.497 e. The van der Waals surface area contributed by atoms with Gasteiger partial charge in [0.2, 0.25) is 0 Å². The Morgan fingerprint density at radius 3 is 2.32 bits per heavy atom. The second kappa shape index (κ2) is 12.8. The SMILES string of the molecule is CCNC(=NCCNC(=O)c1ccc(OC)cc1)NC(C)C(C)C.I. The van der Waals surface area contributed by atoms with Crippen molar-refractivity contribution < 1.29 is 9.53 Å². The standard InChI is InChI=1S/C18H30N4O2.HI/c1-6-19-18(22-14(4)13(2)3)21-12-11-20-17(23)15-7-9-16(24-5)10-8-15;/h7-10,13-14H,6,11-12H2,1-5H3,(H,20,23)(H2,19,21,22);1H. The molecule has 1 unspecified atom stereocenters. The number of amides is 1. The van der Waals surface area contributed by atoms with Gasteiger partial charge in [-0.3, -0.25) is 9.79 Å². The van der Waals surface area contributed by atoms with Crippen LogP contribution in [0.25, 0.3) is 0 Å². The van der Waals surface area contributed by atoms with Crippen LogP contribution < -0.4 is 20.7 Å². The lowest BCUT2D eigenvalue weighted by molar-refractivity contribution is 0.0955. The van der Waals surface area contributed by atoms with E-state index in [1.807, 2.05) is 6.92 Å². The highest BCUT2D eigenvalue weighted by atomic mass is 127. The number of benzene rings is 1. The molecule has 0 saturated carbocycles. The second-order valence-corrected chi connectivity index (χ2v) is 5.92. The molecule has 0 aromatic heterocycles. The van der Waals surface area contributed by atoms with Crippen molar-refractivity contribution in [3.05, 3.63) is 29.8 Å². The number of methoxy groups -OCH3 is 1. The van der Waals surface area contributed by atoms with Crippen LogP contribution in [0.2, 0.25) is 0 Å². The van der Waals surface area contributed by atoms with Crippen molar-refractivity contribution in [1.82, 2.24) is 16.0 Å². The molecule has 1 rings (SSSR count). The van der Waals surface area contributed by atoms with Crippen molar-refractivity contribution in [3.63, 3.8) is 0 Å². The highest BCUT2D eigenvalue weighted by Crippen LogP contribution is 2.10. The maximum Gasteiger partial charge on any atom is 0.251 e. The number of rotatable bonds is 8. The van der Waals surface area contributed by atoms with Crippen LogP contribution in [0.5, 0.6) is 5.75 Å². The fraction of sp³-hybridized carbons (Fsp3) is 0.556. The van der Waals surface area contributed by atoms with Gasteiger partial charge < -0.3 is 20.7 Å². The fourth-order valence-corrected chi connectivity index (χ4v) is 1.88. The summed E-state index contributed by atoms with van der Waals surface area (Å²) in [5.41, 5.74) is 0.609. The first kappa shape index (κ1) is 23.5. The third-order valence-electron chi connectivity index (χ3n) is 3.73. The molecule has 1 aromatic carbocycles. The van der Waals surface area contributed by atoms with Gasteiger partial charge in [-0.05, 0) is 44.0 Å². The molecule has 0 aliphatic rings. The van der Waals surface area contributed by atoms with E-state index in [4.69, 9.17) is 4.74 Å². The maximum atomic E-state index is 12.1. The topological polar surface area (TPSA) is 74.8 Å². The molecule has 1 amide bonds. The summed E-state index contributed by atoms with van der Waals surface area (Å²) in [6.45, 7) is 10.3. The van der Waals surface area contributed by atoms with Crippen molar-refractivity contribution in [2.45, 2.75) is 33.7 Å². The van der Waals surface area contributed by atoms with Crippen LogP contribution in [0.1, 0.15) is 38.1 Å². The molecule has 0 heterocycles. The van der Waals surface area contributed by atoms with Crippen molar-refractivity contribution in [3.8, 4) is 5.75 Å². The summed E-state index contributed by atoms with van der Waals surface area (Å²) in [6.07, 6.45) is 0. The van der Waals surface area contributed by atoms with Gasteiger partial charge in [0.05, 0.1) is 13.7 Å². The molecule has 1 aromatic rings. The highest BCUT2D eigenvalue weighted by molar-refractivity contribution is 14.0. The molecule has 0 aliphatic heterocycles. The van der Waals surface area contributed by atoms with Crippen molar-refractivity contribution >= 4 is 35.8 Å². The summed E-state index contributed by atoms with van der Waals surface area (Å²) in [5, 5.41) is 9.44. The smallest absolute Gasteiger partial charge is 0.251 e. The fourth-order valence-electron chi connectivity index (χ4n) is 1.88. The first-order valence-corrected chi connectivity index (χ1v) is 8.45. The van der Waals surface area contributed by atoms with Crippen LogP contribution >= 0.6 is 24.0 Å². The van der Waals surface area contributed by atoms with Crippen molar-refractivity contribution in [2.75, 3.05) is 26.7 Å². The Kier molecular flexibility index (Phi) is 12.0. The van der Waals surface area contributed by atoms with Gasteiger partial charge in [-0.1, -0.05) is 13.8 Å². The highest BCUT2D eigenvalue weighted by Gasteiger charge is 2.09. The van der Waals surface area contributed by atoms with E-state index in [9.17, 15) is 4.79 Å². The Morgan fingerprint density at radius 1 is 1.16 bits per heavy atom. The third kappa shape index (κ3) is 8.94. The number of carbonyl (C=O) groups excluding carboxylic acids is 1. The molecule has 0 aliphatic carbocycles. The lowest BCUT2D eigenvalue weighted by atomic mass is 10.1. The van der Waals surface area contributed by atoms with Gasteiger partial charge in [0, 0.05) is 24.7 Å². The molecule has 142 valence electrons. The number of nitrogens with one attached hydrogen (secondary N) is 3. The second-order valence-electron chi connectivity index (χ2n) is 5.92.